The molecule has 2 rings (SSSR count). The topological polar surface area (TPSA) is 73.1 Å². The van der Waals surface area contributed by atoms with E-state index in [1.807, 2.05) is 0 Å². The summed E-state index contributed by atoms with van der Waals surface area (Å²) in [5.74, 6) is -1.02. The molecule has 0 atom stereocenters. The summed E-state index contributed by atoms with van der Waals surface area (Å²) in [6.07, 6.45) is 0. The van der Waals surface area contributed by atoms with Crippen LogP contribution in [-0.4, -0.2) is 11.1 Å². The van der Waals surface area contributed by atoms with Gasteiger partial charge in [-0.2, -0.15) is 5.26 Å². The quantitative estimate of drug-likeness (QED) is 0.800. The Hall–Kier alpha value is -1.84. The summed E-state index contributed by atoms with van der Waals surface area (Å²) in [4.78, 5) is 11.1. The van der Waals surface area contributed by atoms with Crippen LogP contribution in [0.15, 0.2) is 45.3 Å². The normalized spacial score (nSPS) is 9.85. The van der Waals surface area contributed by atoms with Crippen LogP contribution in [0.2, 0.25) is 0 Å². The fourth-order valence-corrected chi connectivity index (χ4v) is 2.42. The average Bonchev–Trinajstić information content (AvgIpc) is 2.41. The van der Waals surface area contributed by atoms with E-state index in [4.69, 9.17) is 10.4 Å². The molecular formula is C14H8Br2N2O2. The third-order valence-corrected chi connectivity index (χ3v) is 3.76. The fourth-order valence-electron chi connectivity index (χ4n) is 1.64. The Morgan fingerprint density at radius 3 is 2.60 bits per heavy atom. The van der Waals surface area contributed by atoms with Gasteiger partial charge in [-0.3, -0.25) is 0 Å². The molecule has 0 saturated carbocycles. The molecule has 0 aliphatic heterocycles. The molecule has 100 valence electrons. The summed E-state index contributed by atoms with van der Waals surface area (Å²) in [7, 11) is 0. The van der Waals surface area contributed by atoms with Gasteiger partial charge in [-0.25, -0.2) is 4.79 Å². The Balaban J connectivity index is 2.40. The Morgan fingerprint density at radius 1 is 1.20 bits per heavy atom. The molecule has 0 heterocycles. The lowest BCUT2D eigenvalue weighted by Crippen LogP contribution is -2.00. The first kappa shape index (κ1) is 14.6. The molecule has 0 aliphatic carbocycles. The van der Waals surface area contributed by atoms with Crippen molar-refractivity contribution < 1.29 is 9.90 Å². The minimum atomic E-state index is -1.02. The van der Waals surface area contributed by atoms with Gasteiger partial charge < -0.3 is 10.4 Å². The Morgan fingerprint density at radius 2 is 1.95 bits per heavy atom. The van der Waals surface area contributed by atoms with Crippen molar-refractivity contribution in [1.82, 2.24) is 0 Å². The zero-order valence-electron chi connectivity index (χ0n) is 10.0. The van der Waals surface area contributed by atoms with Crippen LogP contribution in [0.1, 0.15) is 15.9 Å². The number of halogens is 2. The molecule has 0 fully saturated rings. The number of nitriles is 1. The highest BCUT2D eigenvalue weighted by Crippen LogP contribution is 2.27. The molecule has 0 saturated heterocycles. The minimum Gasteiger partial charge on any atom is -0.478 e. The molecule has 4 nitrogen and oxygen atoms in total. The van der Waals surface area contributed by atoms with Crippen molar-refractivity contribution in [3.63, 3.8) is 0 Å². The predicted octanol–water partition coefficient (Wildman–Crippen LogP) is 4.53. The first-order valence-electron chi connectivity index (χ1n) is 5.51. The zero-order chi connectivity index (χ0) is 14.7. The summed E-state index contributed by atoms with van der Waals surface area (Å²) in [6.45, 7) is 0. The predicted molar refractivity (Wildman–Crippen MR) is 83.2 cm³/mol. The number of hydrogen-bond donors (Lipinski definition) is 2. The number of hydrogen-bond acceptors (Lipinski definition) is 3. The molecule has 20 heavy (non-hydrogen) atoms. The number of benzene rings is 2. The molecule has 2 aromatic carbocycles. The maximum atomic E-state index is 11.1. The molecular weight excluding hydrogens is 388 g/mol. The molecule has 0 unspecified atom stereocenters. The van der Waals surface area contributed by atoms with E-state index in [-0.39, 0.29) is 5.56 Å². The molecule has 0 spiro atoms. The lowest BCUT2D eigenvalue weighted by molar-refractivity contribution is 0.0696. The molecule has 2 N–H and O–H groups in total. The smallest absolute Gasteiger partial charge is 0.336 e. The first-order valence-corrected chi connectivity index (χ1v) is 7.09. The van der Waals surface area contributed by atoms with Crippen LogP contribution in [0.4, 0.5) is 11.4 Å². The van der Waals surface area contributed by atoms with Crippen LogP contribution in [0, 0.1) is 11.3 Å². The van der Waals surface area contributed by atoms with E-state index < -0.39 is 5.97 Å². The van der Waals surface area contributed by atoms with Gasteiger partial charge in [0.2, 0.25) is 0 Å². The number of anilines is 2. The molecule has 0 aliphatic rings. The van der Waals surface area contributed by atoms with Gasteiger partial charge in [-0.15, -0.1) is 0 Å². The van der Waals surface area contributed by atoms with Crippen molar-refractivity contribution in [3.05, 3.63) is 56.5 Å². The van der Waals surface area contributed by atoms with E-state index in [0.717, 1.165) is 4.47 Å². The van der Waals surface area contributed by atoms with Gasteiger partial charge in [0.1, 0.15) is 6.07 Å². The number of carbonyl (C=O) groups is 1. The Labute approximate surface area is 132 Å². The highest BCUT2D eigenvalue weighted by molar-refractivity contribution is 9.10. The number of nitrogens with zero attached hydrogens (tertiary/aromatic N) is 1. The first-order chi connectivity index (χ1) is 9.51. The lowest BCUT2D eigenvalue weighted by atomic mass is 10.1. The fraction of sp³-hybridized carbons (Fsp3) is 0. The van der Waals surface area contributed by atoms with Gasteiger partial charge in [0, 0.05) is 14.6 Å². The van der Waals surface area contributed by atoms with Gasteiger partial charge in [-0.1, -0.05) is 15.9 Å². The summed E-state index contributed by atoms with van der Waals surface area (Å²) in [6, 6.07) is 12.2. The van der Waals surface area contributed by atoms with E-state index in [9.17, 15) is 4.79 Å². The van der Waals surface area contributed by atoms with Crippen molar-refractivity contribution in [2.75, 3.05) is 5.32 Å². The Kier molecular flexibility index (Phi) is 4.42. The van der Waals surface area contributed by atoms with Crippen LogP contribution in [0.3, 0.4) is 0 Å². The highest BCUT2D eigenvalue weighted by Gasteiger charge is 2.10. The van der Waals surface area contributed by atoms with E-state index in [0.29, 0.717) is 21.4 Å². The van der Waals surface area contributed by atoms with E-state index in [2.05, 4.69) is 43.2 Å². The monoisotopic (exact) mass is 394 g/mol. The van der Waals surface area contributed by atoms with Gasteiger partial charge >= 0.3 is 5.97 Å². The summed E-state index contributed by atoms with van der Waals surface area (Å²) >= 11 is 6.52. The highest BCUT2D eigenvalue weighted by atomic mass is 79.9. The number of carboxylic acid groups (broad SMARTS) is 1. The van der Waals surface area contributed by atoms with Crippen molar-refractivity contribution >= 4 is 49.2 Å². The number of nitrogens with one attached hydrogen (secondary N) is 1. The average molecular weight is 396 g/mol. The van der Waals surface area contributed by atoms with Crippen molar-refractivity contribution in [1.29, 1.82) is 5.26 Å². The van der Waals surface area contributed by atoms with E-state index >= 15 is 0 Å². The number of carboxylic acids is 1. The van der Waals surface area contributed by atoms with Crippen LogP contribution >= 0.6 is 31.9 Å². The van der Waals surface area contributed by atoms with Crippen molar-refractivity contribution in [2.24, 2.45) is 0 Å². The summed E-state index contributed by atoms with van der Waals surface area (Å²) in [5.41, 5.74) is 1.84. The van der Waals surface area contributed by atoms with Gasteiger partial charge in [0.05, 0.1) is 16.8 Å². The third kappa shape index (κ3) is 3.18. The van der Waals surface area contributed by atoms with Gasteiger partial charge in [0.25, 0.3) is 0 Å². The van der Waals surface area contributed by atoms with Crippen LogP contribution < -0.4 is 5.32 Å². The van der Waals surface area contributed by atoms with Gasteiger partial charge in [0.15, 0.2) is 0 Å². The van der Waals surface area contributed by atoms with Crippen molar-refractivity contribution in [2.45, 2.75) is 0 Å². The zero-order valence-corrected chi connectivity index (χ0v) is 13.2. The van der Waals surface area contributed by atoms with E-state index in [1.165, 1.54) is 6.07 Å². The summed E-state index contributed by atoms with van der Waals surface area (Å²) < 4.78 is 1.33. The van der Waals surface area contributed by atoms with Crippen LogP contribution in [0.5, 0.6) is 0 Å². The molecule has 6 heteroatoms. The molecule has 0 bridgehead atoms. The molecule has 0 radical (unpaired) electrons. The second kappa shape index (κ2) is 6.07. The number of rotatable bonds is 3. The molecule has 0 amide bonds. The standard InChI is InChI=1S/C14H8Br2N2O2/c15-9-2-1-8(7-17)13(5-9)18-10-3-4-12(16)11(6-10)14(19)20/h1-6,18H,(H,19,20). The SMILES string of the molecule is N#Cc1ccc(Br)cc1Nc1ccc(Br)c(C(=O)O)c1. The third-order valence-electron chi connectivity index (χ3n) is 2.58. The molecule has 2 aromatic rings. The molecule has 0 aromatic heterocycles. The minimum absolute atomic E-state index is 0.156. The summed E-state index contributed by atoms with van der Waals surface area (Å²) in [5, 5.41) is 21.2. The van der Waals surface area contributed by atoms with E-state index in [1.54, 1.807) is 30.3 Å². The lowest BCUT2D eigenvalue weighted by Gasteiger charge is -2.10. The second-order valence-corrected chi connectivity index (χ2v) is 5.70. The number of aromatic carboxylic acids is 1. The maximum Gasteiger partial charge on any atom is 0.336 e. The Bertz CT molecular complexity index is 724. The van der Waals surface area contributed by atoms with Crippen molar-refractivity contribution in [3.8, 4) is 6.07 Å². The van der Waals surface area contributed by atoms with Crippen LogP contribution in [-0.2, 0) is 0 Å². The van der Waals surface area contributed by atoms with Gasteiger partial charge in [-0.05, 0) is 52.3 Å². The maximum absolute atomic E-state index is 11.1. The second-order valence-electron chi connectivity index (χ2n) is 3.93. The van der Waals surface area contributed by atoms with Crippen LogP contribution in [0.25, 0.3) is 0 Å². The largest absolute Gasteiger partial charge is 0.478 e.